The van der Waals surface area contributed by atoms with Crippen LogP contribution >= 0.6 is 0 Å². The summed E-state index contributed by atoms with van der Waals surface area (Å²) in [5.74, 6) is 1.01. The largest absolute Gasteiger partial charge is 0.460 e. The first-order chi connectivity index (χ1) is 17.3. The van der Waals surface area contributed by atoms with Crippen LogP contribution in [0.15, 0.2) is 119 Å². The van der Waals surface area contributed by atoms with Crippen molar-refractivity contribution in [1.82, 2.24) is 0 Å². The fourth-order valence-electron chi connectivity index (χ4n) is 4.85. The SMILES string of the molecule is C=NCc1ccc(-c2cccc3oc4c(c23)C=C(c2ccc(-c3ccccc3)cc2)C=CC4)cc1. The summed E-state index contributed by atoms with van der Waals surface area (Å²) in [6.45, 7) is 4.24. The highest BCUT2D eigenvalue weighted by Crippen LogP contribution is 2.39. The highest BCUT2D eigenvalue weighted by molar-refractivity contribution is 6.04. The summed E-state index contributed by atoms with van der Waals surface area (Å²) in [5.41, 5.74) is 10.4. The molecular weight excluding hydrogens is 426 g/mol. The Bertz CT molecular complexity index is 1570. The fourth-order valence-corrected chi connectivity index (χ4v) is 4.85. The number of fused-ring (bicyclic) bond motifs is 3. The Labute approximate surface area is 205 Å². The van der Waals surface area contributed by atoms with Gasteiger partial charge < -0.3 is 4.42 Å². The summed E-state index contributed by atoms with van der Waals surface area (Å²) in [6, 6.07) is 34.2. The van der Waals surface area contributed by atoms with E-state index in [9.17, 15) is 0 Å². The molecule has 0 fully saturated rings. The molecule has 5 aromatic rings. The molecular formula is C33H25NO. The maximum atomic E-state index is 6.34. The first-order valence-corrected chi connectivity index (χ1v) is 11.9. The van der Waals surface area contributed by atoms with E-state index in [0.717, 1.165) is 23.3 Å². The van der Waals surface area contributed by atoms with Crippen LogP contribution in [-0.2, 0) is 13.0 Å². The first-order valence-electron chi connectivity index (χ1n) is 11.9. The van der Waals surface area contributed by atoms with Crippen molar-refractivity contribution in [1.29, 1.82) is 0 Å². The maximum Gasteiger partial charge on any atom is 0.135 e. The zero-order chi connectivity index (χ0) is 23.6. The summed E-state index contributed by atoms with van der Waals surface area (Å²) in [6.07, 6.45) is 7.46. The molecule has 0 saturated carbocycles. The zero-order valence-corrected chi connectivity index (χ0v) is 19.4. The summed E-state index contributed by atoms with van der Waals surface area (Å²) in [7, 11) is 0. The number of hydrogen-bond acceptors (Lipinski definition) is 2. The van der Waals surface area contributed by atoms with Crippen molar-refractivity contribution in [2.75, 3.05) is 0 Å². The molecule has 0 bridgehead atoms. The Hall–Kier alpha value is -4.43. The molecule has 0 saturated heterocycles. The van der Waals surface area contributed by atoms with Crippen molar-refractivity contribution in [3.63, 3.8) is 0 Å². The van der Waals surface area contributed by atoms with Gasteiger partial charge in [0.15, 0.2) is 0 Å². The van der Waals surface area contributed by atoms with E-state index in [0.29, 0.717) is 6.54 Å². The van der Waals surface area contributed by atoms with Crippen molar-refractivity contribution >= 4 is 29.3 Å². The molecule has 0 atom stereocenters. The van der Waals surface area contributed by atoms with E-state index in [1.54, 1.807) is 0 Å². The second kappa shape index (κ2) is 9.08. The second-order valence-electron chi connectivity index (χ2n) is 8.85. The summed E-state index contributed by atoms with van der Waals surface area (Å²) >= 11 is 0. The first kappa shape index (κ1) is 21.1. The lowest BCUT2D eigenvalue weighted by Gasteiger charge is -2.08. The van der Waals surface area contributed by atoms with Crippen molar-refractivity contribution < 1.29 is 4.42 Å². The Kier molecular flexibility index (Phi) is 5.48. The Balaban J connectivity index is 1.43. The minimum Gasteiger partial charge on any atom is -0.460 e. The maximum absolute atomic E-state index is 6.34. The summed E-state index contributed by atoms with van der Waals surface area (Å²) in [5, 5.41) is 1.17. The Morgan fingerprint density at radius 1 is 0.714 bits per heavy atom. The Morgan fingerprint density at radius 2 is 1.43 bits per heavy atom. The van der Waals surface area contributed by atoms with Gasteiger partial charge in [0.05, 0.1) is 6.54 Å². The van der Waals surface area contributed by atoms with E-state index >= 15 is 0 Å². The molecule has 1 heterocycles. The molecule has 1 aliphatic carbocycles. The van der Waals surface area contributed by atoms with E-state index in [1.807, 2.05) is 6.07 Å². The van der Waals surface area contributed by atoms with Crippen LogP contribution in [0.3, 0.4) is 0 Å². The molecule has 0 amide bonds. The van der Waals surface area contributed by atoms with Crippen molar-refractivity contribution in [2.45, 2.75) is 13.0 Å². The monoisotopic (exact) mass is 451 g/mol. The molecule has 1 aromatic heterocycles. The smallest absolute Gasteiger partial charge is 0.135 e. The normalized spacial score (nSPS) is 12.7. The van der Waals surface area contributed by atoms with Gasteiger partial charge in [-0.05, 0) is 57.8 Å². The summed E-state index contributed by atoms with van der Waals surface area (Å²) < 4.78 is 6.34. The van der Waals surface area contributed by atoms with Crippen LogP contribution in [-0.4, -0.2) is 6.72 Å². The number of rotatable bonds is 5. The van der Waals surface area contributed by atoms with Crippen LogP contribution in [0.4, 0.5) is 0 Å². The van der Waals surface area contributed by atoms with Crippen LogP contribution in [0.1, 0.15) is 22.5 Å². The summed E-state index contributed by atoms with van der Waals surface area (Å²) in [4.78, 5) is 4.00. The van der Waals surface area contributed by atoms with Crippen LogP contribution in [0, 0.1) is 0 Å². The van der Waals surface area contributed by atoms with Gasteiger partial charge in [-0.3, -0.25) is 4.99 Å². The quantitative estimate of drug-likeness (QED) is 0.246. The molecule has 0 aliphatic heterocycles. The van der Waals surface area contributed by atoms with Crippen LogP contribution < -0.4 is 0 Å². The average Bonchev–Trinajstić information content (AvgIpc) is 3.13. The average molecular weight is 452 g/mol. The number of allylic oxidation sites excluding steroid dienone is 3. The fraction of sp³-hybridized carbons (Fsp3) is 0.0606. The standard InChI is InChI=1S/C33H25NO/c1-34-22-23-13-15-27(16-14-23)29-10-6-12-32-33(29)30-21-28(9-5-11-31(30)35-32)26-19-17-25(18-20-26)24-7-3-2-4-8-24/h2-10,12-21H,1,11,22H2. The highest BCUT2D eigenvalue weighted by atomic mass is 16.3. The van der Waals surface area contributed by atoms with E-state index in [4.69, 9.17) is 4.42 Å². The predicted molar refractivity (Wildman–Crippen MR) is 147 cm³/mol. The van der Waals surface area contributed by atoms with Gasteiger partial charge in [-0.2, -0.15) is 0 Å². The van der Waals surface area contributed by atoms with Gasteiger partial charge in [0.1, 0.15) is 11.3 Å². The number of furan rings is 1. The molecule has 0 radical (unpaired) electrons. The molecule has 0 N–H and O–H groups in total. The zero-order valence-electron chi connectivity index (χ0n) is 19.4. The van der Waals surface area contributed by atoms with Gasteiger partial charge in [-0.1, -0.05) is 103 Å². The minimum atomic E-state index is 0.631. The lowest BCUT2D eigenvalue weighted by molar-refractivity contribution is 0.564. The molecule has 0 spiro atoms. The van der Waals surface area contributed by atoms with E-state index < -0.39 is 0 Å². The van der Waals surface area contributed by atoms with E-state index in [2.05, 4.69) is 121 Å². The second-order valence-corrected chi connectivity index (χ2v) is 8.85. The van der Waals surface area contributed by atoms with Gasteiger partial charge in [0.2, 0.25) is 0 Å². The third kappa shape index (κ3) is 4.04. The van der Waals surface area contributed by atoms with Gasteiger partial charge in [-0.25, -0.2) is 0 Å². The number of hydrogen-bond donors (Lipinski definition) is 0. The minimum absolute atomic E-state index is 0.631. The van der Waals surface area contributed by atoms with Crippen molar-refractivity contribution in [3.05, 3.63) is 132 Å². The molecule has 168 valence electrons. The molecule has 1 aliphatic rings. The number of benzene rings is 4. The lowest BCUT2D eigenvalue weighted by atomic mass is 9.95. The third-order valence-electron chi connectivity index (χ3n) is 6.61. The number of nitrogens with zero attached hydrogens (tertiary/aromatic N) is 1. The molecule has 2 nitrogen and oxygen atoms in total. The number of aliphatic imine (C=N–C) groups is 1. The van der Waals surface area contributed by atoms with E-state index in [1.165, 1.54) is 44.3 Å². The molecule has 6 rings (SSSR count). The third-order valence-corrected chi connectivity index (χ3v) is 6.61. The van der Waals surface area contributed by atoms with Crippen molar-refractivity contribution in [3.8, 4) is 22.3 Å². The van der Waals surface area contributed by atoms with Gasteiger partial charge in [0, 0.05) is 17.4 Å². The van der Waals surface area contributed by atoms with Crippen LogP contribution in [0.2, 0.25) is 0 Å². The molecule has 4 aromatic carbocycles. The van der Waals surface area contributed by atoms with Gasteiger partial charge in [0.25, 0.3) is 0 Å². The van der Waals surface area contributed by atoms with Gasteiger partial charge in [-0.15, -0.1) is 0 Å². The van der Waals surface area contributed by atoms with Crippen LogP contribution in [0.25, 0.3) is 44.9 Å². The Morgan fingerprint density at radius 3 is 2.20 bits per heavy atom. The highest BCUT2D eigenvalue weighted by Gasteiger charge is 2.18. The lowest BCUT2D eigenvalue weighted by Crippen LogP contribution is -1.86. The molecule has 2 heteroatoms. The van der Waals surface area contributed by atoms with Crippen molar-refractivity contribution in [2.24, 2.45) is 4.99 Å². The van der Waals surface area contributed by atoms with Gasteiger partial charge >= 0.3 is 0 Å². The molecule has 0 unspecified atom stereocenters. The van der Waals surface area contributed by atoms with E-state index in [-0.39, 0.29) is 0 Å². The predicted octanol–water partition coefficient (Wildman–Crippen LogP) is 8.62. The van der Waals surface area contributed by atoms with Crippen LogP contribution in [0.5, 0.6) is 0 Å². The molecule has 35 heavy (non-hydrogen) atoms. The topological polar surface area (TPSA) is 25.5 Å².